The van der Waals surface area contributed by atoms with E-state index in [0.717, 1.165) is 23.1 Å². The van der Waals surface area contributed by atoms with Crippen molar-refractivity contribution in [1.82, 2.24) is 15.3 Å². The van der Waals surface area contributed by atoms with Gasteiger partial charge in [-0.1, -0.05) is 42.5 Å². The highest BCUT2D eigenvalue weighted by molar-refractivity contribution is 7.18. The second-order valence-electron chi connectivity index (χ2n) is 7.57. The third kappa shape index (κ3) is 3.05. The molecular weight excluding hydrogens is 366 g/mol. The van der Waals surface area contributed by atoms with Crippen LogP contribution < -0.4 is 10.9 Å². The summed E-state index contributed by atoms with van der Waals surface area (Å²) in [6.45, 7) is 2.69. The van der Waals surface area contributed by atoms with Crippen molar-refractivity contribution in [2.24, 2.45) is 0 Å². The summed E-state index contributed by atoms with van der Waals surface area (Å²) in [6.07, 6.45) is 4.48. The van der Waals surface area contributed by atoms with Crippen LogP contribution in [0.15, 0.2) is 47.3 Å². The maximum atomic E-state index is 12.7. The highest BCUT2D eigenvalue weighted by atomic mass is 32.1. The number of thiophene rings is 1. The zero-order valence-corrected chi connectivity index (χ0v) is 16.7. The molecule has 1 atom stereocenters. The van der Waals surface area contributed by atoms with E-state index in [1.807, 2.05) is 0 Å². The van der Waals surface area contributed by atoms with Gasteiger partial charge in [-0.15, -0.1) is 11.3 Å². The Balaban J connectivity index is 1.42. The molecule has 0 radical (unpaired) electrons. The number of nitrogens with zero attached hydrogens (tertiary/aromatic N) is 1. The van der Waals surface area contributed by atoms with Gasteiger partial charge in [0.25, 0.3) is 5.56 Å². The van der Waals surface area contributed by atoms with Gasteiger partial charge in [0.2, 0.25) is 0 Å². The van der Waals surface area contributed by atoms with E-state index >= 15 is 0 Å². The van der Waals surface area contributed by atoms with E-state index in [4.69, 9.17) is 4.98 Å². The monoisotopic (exact) mass is 389 g/mol. The maximum absolute atomic E-state index is 12.7. The molecule has 2 N–H and O–H groups in total. The zero-order chi connectivity index (χ0) is 19.1. The molecule has 4 aromatic rings. The van der Waals surface area contributed by atoms with Gasteiger partial charge in [-0.25, -0.2) is 4.98 Å². The largest absolute Gasteiger partial charge is 0.309 e. The van der Waals surface area contributed by atoms with Crippen molar-refractivity contribution in [3.8, 4) is 0 Å². The van der Waals surface area contributed by atoms with Crippen LogP contribution >= 0.6 is 11.3 Å². The lowest BCUT2D eigenvalue weighted by molar-refractivity contribution is 0.562. The summed E-state index contributed by atoms with van der Waals surface area (Å²) in [4.78, 5) is 22.7. The number of aryl methyl sites for hydroxylation is 2. The second kappa shape index (κ2) is 7.15. The molecule has 0 aliphatic heterocycles. The topological polar surface area (TPSA) is 57.8 Å². The Hall–Kier alpha value is -2.50. The quantitative estimate of drug-likeness (QED) is 0.524. The number of hydrogen-bond acceptors (Lipinski definition) is 4. The van der Waals surface area contributed by atoms with E-state index in [1.54, 1.807) is 11.3 Å². The van der Waals surface area contributed by atoms with Crippen LogP contribution in [0.1, 0.15) is 47.6 Å². The van der Waals surface area contributed by atoms with Crippen LogP contribution in [-0.2, 0) is 19.4 Å². The highest BCUT2D eigenvalue weighted by Gasteiger charge is 2.20. The molecule has 0 saturated carbocycles. The third-order valence-electron chi connectivity index (χ3n) is 5.74. The van der Waals surface area contributed by atoms with Crippen molar-refractivity contribution in [1.29, 1.82) is 0 Å². The number of fused-ring (bicyclic) bond motifs is 4. The highest BCUT2D eigenvalue weighted by Crippen LogP contribution is 2.33. The Bertz CT molecular complexity index is 1220. The van der Waals surface area contributed by atoms with Crippen LogP contribution in [0.3, 0.4) is 0 Å². The van der Waals surface area contributed by atoms with Gasteiger partial charge < -0.3 is 10.3 Å². The lowest BCUT2D eigenvalue weighted by Crippen LogP contribution is -2.22. The first-order valence-electron chi connectivity index (χ1n) is 9.95. The van der Waals surface area contributed by atoms with Gasteiger partial charge in [-0.05, 0) is 54.5 Å². The number of nitrogens with one attached hydrogen (secondary N) is 2. The lowest BCUT2D eigenvalue weighted by atomic mass is 9.97. The second-order valence-corrected chi connectivity index (χ2v) is 8.66. The van der Waals surface area contributed by atoms with Crippen LogP contribution in [0, 0.1) is 0 Å². The molecule has 0 fully saturated rings. The van der Waals surface area contributed by atoms with Gasteiger partial charge in [0, 0.05) is 10.9 Å². The van der Waals surface area contributed by atoms with Crippen LogP contribution in [0.2, 0.25) is 0 Å². The molecule has 1 aliphatic rings. The molecule has 0 saturated heterocycles. The van der Waals surface area contributed by atoms with Gasteiger partial charge in [-0.3, -0.25) is 4.79 Å². The molecule has 0 amide bonds. The molecule has 0 spiro atoms. The maximum Gasteiger partial charge on any atom is 0.259 e. The minimum Gasteiger partial charge on any atom is -0.309 e. The number of benzene rings is 2. The van der Waals surface area contributed by atoms with E-state index in [-0.39, 0.29) is 11.6 Å². The Morgan fingerprint density at radius 1 is 1.14 bits per heavy atom. The molecular formula is C23H23N3OS. The number of hydrogen-bond donors (Lipinski definition) is 2. The van der Waals surface area contributed by atoms with Crippen molar-refractivity contribution in [3.63, 3.8) is 0 Å². The summed E-state index contributed by atoms with van der Waals surface area (Å²) in [6, 6.07) is 15.0. The molecule has 0 bridgehead atoms. The average molecular weight is 390 g/mol. The minimum absolute atomic E-state index is 0.0130. The van der Waals surface area contributed by atoms with E-state index in [9.17, 15) is 4.79 Å². The van der Waals surface area contributed by atoms with Crippen molar-refractivity contribution < 1.29 is 0 Å². The van der Waals surface area contributed by atoms with Crippen molar-refractivity contribution in [2.75, 3.05) is 0 Å². The molecule has 2 aromatic carbocycles. The fourth-order valence-corrected chi connectivity index (χ4v) is 5.56. The van der Waals surface area contributed by atoms with Crippen molar-refractivity contribution in [2.45, 2.75) is 45.2 Å². The number of H-pyrrole nitrogens is 1. The Morgan fingerprint density at radius 2 is 1.96 bits per heavy atom. The molecule has 28 heavy (non-hydrogen) atoms. The Labute approximate surface area is 167 Å². The van der Waals surface area contributed by atoms with Crippen LogP contribution in [-0.4, -0.2) is 9.97 Å². The van der Waals surface area contributed by atoms with E-state index in [0.29, 0.717) is 12.4 Å². The van der Waals surface area contributed by atoms with Gasteiger partial charge in [-0.2, -0.15) is 0 Å². The summed E-state index contributed by atoms with van der Waals surface area (Å²) in [5.74, 6) is 0.711. The first kappa shape index (κ1) is 17.6. The predicted octanol–water partition coefficient (Wildman–Crippen LogP) is 4.87. The molecule has 142 valence electrons. The molecule has 2 heterocycles. The molecule has 5 heteroatoms. The standard InChI is InChI=1S/C23H23N3OS/c1-14(16-11-6-8-15-7-2-3-9-17(15)16)24-13-20-25-22(27)21-18-10-4-5-12-19(18)28-23(21)26-20/h2-3,6-9,11,14,24H,4-5,10,12-13H2,1H3,(H,25,26,27)/t14-/m0/s1. The van der Waals surface area contributed by atoms with Gasteiger partial charge >= 0.3 is 0 Å². The van der Waals surface area contributed by atoms with E-state index in [2.05, 4.69) is 59.7 Å². The molecule has 2 aromatic heterocycles. The van der Waals surface area contributed by atoms with Crippen LogP contribution in [0.5, 0.6) is 0 Å². The molecule has 0 unspecified atom stereocenters. The number of rotatable bonds is 4. The van der Waals surface area contributed by atoms with Gasteiger partial charge in [0.05, 0.1) is 11.9 Å². The van der Waals surface area contributed by atoms with Gasteiger partial charge in [0.1, 0.15) is 10.7 Å². The average Bonchev–Trinajstić information content (AvgIpc) is 3.10. The first-order chi connectivity index (χ1) is 13.7. The van der Waals surface area contributed by atoms with Crippen molar-refractivity contribution in [3.05, 3.63) is 74.6 Å². The molecule has 4 nitrogen and oxygen atoms in total. The van der Waals surface area contributed by atoms with Gasteiger partial charge in [0.15, 0.2) is 0 Å². The predicted molar refractivity (Wildman–Crippen MR) is 116 cm³/mol. The third-order valence-corrected chi connectivity index (χ3v) is 6.93. The summed E-state index contributed by atoms with van der Waals surface area (Å²) < 4.78 is 0. The summed E-state index contributed by atoms with van der Waals surface area (Å²) in [7, 11) is 0. The molecule has 5 rings (SSSR count). The Morgan fingerprint density at radius 3 is 2.89 bits per heavy atom. The fraction of sp³-hybridized carbons (Fsp3) is 0.304. The minimum atomic E-state index is 0.0130. The van der Waals surface area contributed by atoms with Crippen LogP contribution in [0.4, 0.5) is 0 Å². The molecule has 1 aliphatic carbocycles. The SMILES string of the molecule is C[C@H](NCc1nc2sc3c(c2c(=O)[nH]1)CCCC3)c1cccc2ccccc12. The summed E-state index contributed by atoms with van der Waals surface area (Å²) in [5, 5.41) is 6.86. The normalized spacial score (nSPS) is 15.0. The number of aromatic nitrogens is 2. The van der Waals surface area contributed by atoms with Crippen molar-refractivity contribution >= 4 is 32.3 Å². The van der Waals surface area contributed by atoms with E-state index < -0.39 is 0 Å². The number of aromatic amines is 1. The summed E-state index contributed by atoms with van der Waals surface area (Å²) in [5.41, 5.74) is 2.51. The lowest BCUT2D eigenvalue weighted by Gasteiger charge is -2.16. The van der Waals surface area contributed by atoms with E-state index in [1.165, 1.54) is 39.6 Å². The van der Waals surface area contributed by atoms with Crippen LogP contribution in [0.25, 0.3) is 21.0 Å². The first-order valence-corrected chi connectivity index (χ1v) is 10.8. The zero-order valence-electron chi connectivity index (χ0n) is 15.9. The Kier molecular flexibility index (Phi) is 4.49. The smallest absolute Gasteiger partial charge is 0.259 e. The fourth-order valence-electron chi connectivity index (χ4n) is 4.28. The summed E-state index contributed by atoms with van der Waals surface area (Å²) >= 11 is 1.70.